The fourth-order valence-corrected chi connectivity index (χ4v) is 1.34. The number of carbonyl (C=O) groups excluding carboxylic acids is 1. The van der Waals surface area contributed by atoms with Crippen molar-refractivity contribution in [1.82, 2.24) is 5.48 Å². The number of hydroxylamine groups is 1. The molecule has 0 fully saturated rings. The topological polar surface area (TPSA) is 77.0 Å². The summed E-state index contributed by atoms with van der Waals surface area (Å²) in [5.41, 5.74) is 1.68. The van der Waals surface area contributed by atoms with Crippen molar-refractivity contribution in [2.75, 3.05) is 21.3 Å². The second-order valence-corrected chi connectivity index (χ2v) is 2.82. The van der Waals surface area contributed by atoms with Gasteiger partial charge in [-0.25, -0.2) is 5.48 Å². The van der Waals surface area contributed by atoms with Gasteiger partial charge in [-0.05, 0) is 12.1 Å². The molecule has 1 aromatic carbocycles. The minimum Gasteiger partial charge on any atom is -0.493 e. The summed E-state index contributed by atoms with van der Waals surface area (Å²) in [5.74, 6) is 0.256. The maximum Gasteiger partial charge on any atom is 0.278 e. The highest BCUT2D eigenvalue weighted by molar-refractivity contribution is 5.97. The van der Waals surface area contributed by atoms with E-state index in [1.807, 2.05) is 0 Å². The average Bonchev–Trinajstić information content (AvgIpc) is 2.35. The minimum absolute atomic E-state index is 0.155. The lowest BCUT2D eigenvalue weighted by Gasteiger charge is -2.14. The van der Waals surface area contributed by atoms with Gasteiger partial charge in [0.2, 0.25) is 5.75 Å². The molecule has 16 heavy (non-hydrogen) atoms. The van der Waals surface area contributed by atoms with Gasteiger partial charge in [-0.1, -0.05) is 0 Å². The number of hydrogen-bond acceptors (Lipinski definition) is 5. The van der Waals surface area contributed by atoms with Crippen molar-refractivity contribution in [1.29, 1.82) is 0 Å². The van der Waals surface area contributed by atoms with Gasteiger partial charge in [0.15, 0.2) is 11.5 Å². The zero-order chi connectivity index (χ0) is 12.1. The standard InChI is InChI=1S/C10H13NO5/c1-14-7-5-4-6(10(12)11-13)8(15-2)9(7)16-3/h4-5,13H,1-3H3,(H,11,12). The number of hydrogen-bond donors (Lipinski definition) is 2. The Morgan fingerprint density at radius 2 is 1.75 bits per heavy atom. The SMILES string of the molecule is COc1ccc(C(=O)NO)c(OC)c1OC. The summed E-state index contributed by atoms with van der Waals surface area (Å²) in [6.45, 7) is 0. The van der Waals surface area contributed by atoms with Crippen molar-refractivity contribution in [3.63, 3.8) is 0 Å². The van der Waals surface area contributed by atoms with Gasteiger partial charge in [0.1, 0.15) is 0 Å². The molecule has 0 aromatic heterocycles. The molecule has 0 radical (unpaired) electrons. The number of ether oxygens (including phenoxy) is 3. The Morgan fingerprint density at radius 3 is 2.19 bits per heavy atom. The summed E-state index contributed by atoms with van der Waals surface area (Å²) in [6.07, 6.45) is 0. The Balaban J connectivity index is 3.37. The number of benzene rings is 1. The van der Waals surface area contributed by atoms with Crippen LogP contribution in [0.15, 0.2) is 12.1 Å². The fourth-order valence-electron chi connectivity index (χ4n) is 1.34. The van der Waals surface area contributed by atoms with Crippen molar-refractivity contribution in [2.45, 2.75) is 0 Å². The molecule has 0 unspecified atom stereocenters. The van der Waals surface area contributed by atoms with E-state index in [0.29, 0.717) is 11.5 Å². The van der Waals surface area contributed by atoms with Gasteiger partial charge >= 0.3 is 0 Å². The van der Waals surface area contributed by atoms with Crippen LogP contribution in [0, 0.1) is 0 Å². The molecule has 0 atom stereocenters. The molecular formula is C10H13NO5. The highest BCUT2D eigenvalue weighted by Crippen LogP contribution is 2.39. The van der Waals surface area contributed by atoms with Gasteiger partial charge in [-0.2, -0.15) is 0 Å². The molecule has 1 rings (SSSR count). The number of methoxy groups -OCH3 is 3. The van der Waals surface area contributed by atoms with Crippen molar-refractivity contribution >= 4 is 5.91 Å². The highest BCUT2D eigenvalue weighted by atomic mass is 16.5. The zero-order valence-corrected chi connectivity index (χ0v) is 9.23. The van der Waals surface area contributed by atoms with E-state index in [1.54, 1.807) is 6.07 Å². The lowest BCUT2D eigenvalue weighted by molar-refractivity contribution is 0.0702. The number of rotatable bonds is 4. The zero-order valence-electron chi connectivity index (χ0n) is 9.23. The second-order valence-electron chi connectivity index (χ2n) is 2.82. The van der Waals surface area contributed by atoms with E-state index in [2.05, 4.69) is 0 Å². The summed E-state index contributed by atoms with van der Waals surface area (Å²) in [4.78, 5) is 11.3. The molecule has 2 N–H and O–H groups in total. The maximum absolute atomic E-state index is 11.3. The first kappa shape index (κ1) is 12.1. The Bertz CT molecular complexity index is 391. The molecular weight excluding hydrogens is 214 g/mol. The molecule has 6 nitrogen and oxygen atoms in total. The van der Waals surface area contributed by atoms with Crippen LogP contribution in [0.1, 0.15) is 10.4 Å². The average molecular weight is 227 g/mol. The first-order valence-electron chi connectivity index (χ1n) is 4.43. The number of amides is 1. The summed E-state index contributed by atoms with van der Waals surface area (Å²) in [7, 11) is 4.30. The summed E-state index contributed by atoms with van der Waals surface area (Å²) >= 11 is 0. The number of carbonyl (C=O) groups is 1. The van der Waals surface area contributed by atoms with Gasteiger partial charge < -0.3 is 14.2 Å². The van der Waals surface area contributed by atoms with Crippen molar-refractivity contribution < 1.29 is 24.2 Å². The third-order valence-corrected chi connectivity index (χ3v) is 2.05. The fraction of sp³-hybridized carbons (Fsp3) is 0.300. The van der Waals surface area contributed by atoms with Gasteiger partial charge in [0, 0.05) is 0 Å². The number of nitrogens with one attached hydrogen (secondary N) is 1. The third-order valence-electron chi connectivity index (χ3n) is 2.05. The maximum atomic E-state index is 11.3. The lowest BCUT2D eigenvalue weighted by atomic mass is 10.1. The molecule has 0 heterocycles. The van der Waals surface area contributed by atoms with Crippen LogP contribution in [-0.2, 0) is 0 Å². The van der Waals surface area contributed by atoms with Crippen LogP contribution in [0.25, 0.3) is 0 Å². The Labute approximate surface area is 92.7 Å². The van der Waals surface area contributed by atoms with Crippen molar-refractivity contribution in [3.05, 3.63) is 17.7 Å². The first-order valence-corrected chi connectivity index (χ1v) is 4.43. The summed E-state index contributed by atoms with van der Waals surface area (Å²) in [6, 6.07) is 3.01. The van der Waals surface area contributed by atoms with E-state index in [9.17, 15) is 4.79 Å². The highest BCUT2D eigenvalue weighted by Gasteiger charge is 2.19. The molecule has 88 valence electrons. The Morgan fingerprint density at radius 1 is 1.12 bits per heavy atom. The van der Waals surface area contributed by atoms with Crippen molar-refractivity contribution in [2.24, 2.45) is 0 Å². The molecule has 0 bridgehead atoms. The second kappa shape index (κ2) is 5.22. The van der Waals surface area contributed by atoms with Gasteiger partial charge in [0.05, 0.1) is 26.9 Å². The van der Waals surface area contributed by atoms with Crippen LogP contribution < -0.4 is 19.7 Å². The van der Waals surface area contributed by atoms with Crippen LogP contribution in [-0.4, -0.2) is 32.4 Å². The molecule has 0 aliphatic heterocycles. The summed E-state index contributed by atoms with van der Waals surface area (Å²) in [5, 5.41) is 8.57. The van der Waals surface area contributed by atoms with Crippen LogP contribution >= 0.6 is 0 Å². The van der Waals surface area contributed by atoms with Gasteiger partial charge in [-0.15, -0.1) is 0 Å². The van der Waals surface area contributed by atoms with E-state index in [1.165, 1.54) is 32.9 Å². The predicted molar refractivity (Wildman–Crippen MR) is 55.4 cm³/mol. The molecule has 0 saturated carbocycles. The molecule has 1 aromatic rings. The largest absolute Gasteiger partial charge is 0.493 e. The molecule has 6 heteroatoms. The first-order chi connectivity index (χ1) is 7.69. The van der Waals surface area contributed by atoms with Crippen LogP contribution in [0.4, 0.5) is 0 Å². The Kier molecular flexibility index (Phi) is 3.96. The Hall–Kier alpha value is -1.95. The van der Waals surface area contributed by atoms with Crippen LogP contribution in [0.3, 0.4) is 0 Å². The van der Waals surface area contributed by atoms with E-state index < -0.39 is 5.91 Å². The third kappa shape index (κ3) is 2.01. The van der Waals surface area contributed by atoms with Gasteiger partial charge in [0.25, 0.3) is 5.91 Å². The van der Waals surface area contributed by atoms with Crippen LogP contribution in [0.2, 0.25) is 0 Å². The van der Waals surface area contributed by atoms with E-state index in [-0.39, 0.29) is 11.3 Å². The lowest BCUT2D eigenvalue weighted by Crippen LogP contribution is -2.19. The molecule has 0 saturated heterocycles. The molecule has 0 spiro atoms. The molecule has 0 aliphatic carbocycles. The predicted octanol–water partition coefficient (Wildman–Crippen LogP) is 0.831. The summed E-state index contributed by atoms with van der Waals surface area (Å²) < 4.78 is 15.2. The van der Waals surface area contributed by atoms with E-state index in [4.69, 9.17) is 19.4 Å². The minimum atomic E-state index is -0.683. The smallest absolute Gasteiger partial charge is 0.278 e. The van der Waals surface area contributed by atoms with E-state index >= 15 is 0 Å². The quantitative estimate of drug-likeness (QED) is 0.588. The molecule has 0 aliphatic rings. The normalized spacial score (nSPS) is 9.50. The van der Waals surface area contributed by atoms with Crippen LogP contribution in [0.5, 0.6) is 17.2 Å². The monoisotopic (exact) mass is 227 g/mol. The van der Waals surface area contributed by atoms with Crippen molar-refractivity contribution in [3.8, 4) is 17.2 Å². The van der Waals surface area contributed by atoms with E-state index in [0.717, 1.165) is 0 Å². The molecule has 1 amide bonds. The van der Waals surface area contributed by atoms with Gasteiger partial charge in [-0.3, -0.25) is 10.0 Å².